The average molecular weight is 261 g/mol. The highest BCUT2D eigenvalue weighted by Crippen LogP contribution is 2.33. The number of nitriles is 1. The molecule has 100 valence electrons. The lowest BCUT2D eigenvalue weighted by Gasteiger charge is -2.27. The summed E-state index contributed by atoms with van der Waals surface area (Å²) in [6, 6.07) is 10.9. The first-order chi connectivity index (χ1) is 8.91. The molecule has 0 radical (unpaired) electrons. The molecule has 0 unspecified atom stereocenters. The summed E-state index contributed by atoms with van der Waals surface area (Å²) in [6.07, 6.45) is 0. The largest absolute Gasteiger partial charge is 0.464 e. The Morgan fingerprint density at radius 1 is 1.42 bits per heavy atom. The number of allylic oxidation sites excluding steroid dienone is 1. The summed E-state index contributed by atoms with van der Waals surface area (Å²) in [7, 11) is 0. The maximum Gasteiger partial charge on any atom is 0.214 e. The van der Waals surface area contributed by atoms with Crippen LogP contribution in [0.2, 0.25) is 0 Å². The predicted molar refractivity (Wildman–Crippen MR) is 71.1 cm³/mol. The molecule has 0 aliphatic rings. The van der Waals surface area contributed by atoms with E-state index in [9.17, 15) is 4.39 Å². The van der Waals surface area contributed by atoms with Gasteiger partial charge in [-0.05, 0) is 5.56 Å². The molecule has 4 nitrogen and oxygen atoms in total. The third-order valence-corrected chi connectivity index (χ3v) is 2.88. The number of benzene rings is 1. The van der Waals surface area contributed by atoms with E-state index >= 15 is 0 Å². The van der Waals surface area contributed by atoms with Crippen LogP contribution in [0.15, 0.2) is 41.8 Å². The van der Waals surface area contributed by atoms with E-state index in [1.165, 1.54) is 0 Å². The minimum atomic E-state index is -1.16. The normalized spacial score (nSPS) is 12.3. The van der Waals surface area contributed by atoms with Crippen LogP contribution in [-0.4, -0.2) is 12.6 Å². The van der Waals surface area contributed by atoms with E-state index < -0.39 is 11.4 Å². The molecule has 0 saturated heterocycles. The number of hydrogen-bond acceptors (Lipinski definition) is 4. The van der Waals surface area contributed by atoms with Crippen molar-refractivity contribution in [2.45, 2.75) is 19.3 Å². The molecule has 0 heterocycles. The number of nitrogens with zero attached hydrogens (tertiary/aromatic N) is 1. The lowest BCUT2D eigenvalue weighted by atomic mass is 9.77. The number of ether oxygens (including phenoxy) is 1. The highest BCUT2D eigenvalue weighted by molar-refractivity contribution is 5.93. The van der Waals surface area contributed by atoms with Gasteiger partial charge < -0.3 is 10.5 Å². The van der Waals surface area contributed by atoms with Gasteiger partial charge in [0.05, 0.1) is 5.57 Å². The van der Waals surface area contributed by atoms with Gasteiger partial charge in [-0.15, -0.1) is 0 Å². The fourth-order valence-corrected chi connectivity index (χ4v) is 1.87. The summed E-state index contributed by atoms with van der Waals surface area (Å²) in [5.74, 6) is -1.40. The zero-order valence-electron chi connectivity index (χ0n) is 10.9. The summed E-state index contributed by atoms with van der Waals surface area (Å²) >= 11 is 0. The molecule has 5 heteroatoms. The summed E-state index contributed by atoms with van der Waals surface area (Å²) in [6.45, 7) is 3.20. The van der Waals surface area contributed by atoms with Crippen molar-refractivity contribution in [1.82, 2.24) is 0 Å². The third kappa shape index (κ3) is 3.32. The minimum absolute atomic E-state index is 0.0612. The van der Waals surface area contributed by atoms with Gasteiger partial charge in [0.15, 0.2) is 12.5 Å². The fraction of sp³-hybridized carbons (Fsp3) is 0.286. The van der Waals surface area contributed by atoms with Gasteiger partial charge >= 0.3 is 0 Å². The second-order valence-corrected chi connectivity index (χ2v) is 4.49. The lowest BCUT2D eigenvalue weighted by Crippen LogP contribution is -2.28. The van der Waals surface area contributed by atoms with E-state index in [0.29, 0.717) is 0 Å². The van der Waals surface area contributed by atoms with Crippen LogP contribution < -0.4 is 5.73 Å². The Morgan fingerprint density at radius 2 is 2.00 bits per heavy atom. The minimum Gasteiger partial charge on any atom is -0.464 e. The molecular formula is C14H16FN3O. The van der Waals surface area contributed by atoms with Gasteiger partial charge in [0.25, 0.3) is 0 Å². The molecule has 0 amide bonds. The van der Waals surface area contributed by atoms with Crippen molar-refractivity contribution in [3.63, 3.8) is 0 Å². The maximum absolute atomic E-state index is 13.5. The van der Waals surface area contributed by atoms with Crippen LogP contribution in [0.1, 0.15) is 19.4 Å². The fourth-order valence-electron chi connectivity index (χ4n) is 1.87. The van der Waals surface area contributed by atoms with E-state index in [1.807, 2.05) is 30.3 Å². The van der Waals surface area contributed by atoms with Gasteiger partial charge in [0.1, 0.15) is 6.07 Å². The van der Waals surface area contributed by atoms with Crippen LogP contribution in [0, 0.1) is 16.7 Å². The van der Waals surface area contributed by atoms with Crippen LogP contribution in [-0.2, 0) is 10.2 Å². The third-order valence-electron chi connectivity index (χ3n) is 2.88. The number of hydrogen-bond donors (Lipinski definition) is 2. The van der Waals surface area contributed by atoms with E-state index in [0.717, 1.165) is 5.56 Å². The molecule has 0 fully saturated rings. The Kier molecular flexibility index (Phi) is 4.65. The molecule has 1 rings (SSSR count). The van der Waals surface area contributed by atoms with Crippen LogP contribution in [0.4, 0.5) is 4.39 Å². The number of halogens is 1. The number of rotatable bonds is 5. The number of nitrogens with two attached hydrogens (primary N) is 1. The average Bonchev–Trinajstić information content (AvgIpc) is 2.36. The van der Waals surface area contributed by atoms with Gasteiger partial charge in [-0.25, -0.2) is 0 Å². The van der Waals surface area contributed by atoms with Crippen LogP contribution in [0.3, 0.4) is 0 Å². The standard InChI is InChI=1S/C14H16FN3O/c1-14(2,10-6-4-3-5-7-10)11(12(15)17)13(18)19-9-8-16/h3-7,17H,9,18H2,1-2H3. The lowest BCUT2D eigenvalue weighted by molar-refractivity contribution is 0.241. The second-order valence-electron chi connectivity index (χ2n) is 4.49. The first-order valence-electron chi connectivity index (χ1n) is 5.71. The van der Waals surface area contributed by atoms with Crippen molar-refractivity contribution >= 4 is 5.97 Å². The predicted octanol–water partition coefficient (Wildman–Crippen LogP) is 2.62. The molecule has 19 heavy (non-hydrogen) atoms. The molecule has 0 atom stereocenters. The second kappa shape index (κ2) is 6.01. The Labute approximate surface area is 111 Å². The molecule has 0 bridgehead atoms. The van der Waals surface area contributed by atoms with Crippen molar-refractivity contribution in [2.24, 2.45) is 5.73 Å². The van der Waals surface area contributed by atoms with Gasteiger partial charge in [0.2, 0.25) is 5.97 Å². The van der Waals surface area contributed by atoms with E-state index in [-0.39, 0.29) is 18.1 Å². The highest BCUT2D eigenvalue weighted by Gasteiger charge is 2.32. The molecule has 0 saturated carbocycles. The smallest absolute Gasteiger partial charge is 0.214 e. The summed E-state index contributed by atoms with van der Waals surface area (Å²) in [5.41, 5.74) is 5.57. The van der Waals surface area contributed by atoms with Crippen molar-refractivity contribution in [2.75, 3.05) is 6.61 Å². The summed E-state index contributed by atoms with van der Waals surface area (Å²) in [4.78, 5) is 0. The Balaban J connectivity index is 3.27. The van der Waals surface area contributed by atoms with E-state index in [4.69, 9.17) is 21.1 Å². The zero-order valence-corrected chi connectivity index (χ0v) is 10.9. The van der Waals surface area contributed by atoms with Crippen molar-refractivity contribution in [3.8, 4) is 6.07 Å². The van der Waals surface area contributed by atoms with Gasteiger partial charge in [-0.3, -0.25) is 5.41 Å². The highest BCUT2D eigenvalue weighted by atomic mass is 19.1. The quantitative estimate of drug-likeness (QED) is 0.631. The zero-order chi connectivity index (χ0) is 14.5. The van der Waals surface area contributed by atoms with Crippen molar-refractivity contribution < 1.29 is 9.13 Å². The first-order valence-corrected chi connectivity index (χ1v) is 5.71. The molecule has 3 N–H and O–H groups in total. The monoisotopic (exact) mass is 261 g/mol. The van der Waals surface area contributed by atoms with Gasteiger partial charge in [-0.2, -0.15) is 9.65 Å². The summed E-state index contributed by atoms with van der Waals surface area (Å²) in [5, 5.41) is 15.7. The number of nitrogens with one attached hydrogen (secondary N) is 1. The molecule has 0 aromatic heterocycles. The van der Waals surface area contributed by atoms with Gasteiger partial charge in [0, 0.05) is 5.41 Å². The van der Waals surface area contributed by atoms with E-state index in [1.54, 1.807) is 19.9 Å². The molecule has 0 spiro atoms. The van der Waals surface area contributed by atoms with Crippen molar-refractivity contribution in [3.05, 3.63) is 47.4 Å². The molecule has 1 aromatic carbocycles. The topological polar surface area (TPSA) is 82.9 Å². The van der Waals surface area contributed by atoms with Crippen LogP contribution in [0.25, 0.3) is 0 Å². The summed E-state index contributed by atoms with van der Waals surface area (Å²) < 4.78 is 18.4. The van der Waals surface area contributed by atoms with Crippen molar-refractivity contribution in [1.29, 1.82) is 10.7 Å². The Morgan fingerprint density at radius 3 is 2.47 bits per heavy atom. The molecule has 1 aromatic rings. The molecule has 0 aliphatic heterocycles. The maximum atomic E-state index is 13.5. The Hall–Kier alpha value is -2.35. The molecule has 0 aliphatic carbocycles. The SMILES string of the molecule is CC(C)(C(C(=N)F)=C(N)OCC#N)c1ccccc1. The Bertz CT molecular complexity index is 529. The first kappa shape index (κ1) is 14.7. The van der Waals surface area contributed by atoms with Gasteiger partial charge in [-0.1, -0.05) is 44.2 Å². The van der Waals surface area contributed by atoms with Crippen LogP contribution in [0.5, 0.6) is 0 Å². The van der Waals surface area contributed by atoms with Crippen LogP contribution >= 0.6 is 0 Å². The van der Waals surface area contributed by atoms with E-state index in [2.05, 4.69) is 0 Å². The molecular weight excluding hydrogens is 245 g/mol.